The van der Waals surface area contributed by atoms with Crippen LogP contribution in [-0.4, -0.2) is 37.2 Å². The number of carbonyl (C=O) groups is 3. The first-order chi connectivity index (χ1) is 38.0. The van der Waals surface area contributed by atoms with Gasteiger partial charge in [0.2, 0.25) is 0 Å². The minimum Gasteiger partial charge on any atom is -0.462 e. The van der Waals surface area contributed by atoms with Gasteiger partial charge in [-0.25, -0.2) is 0 Å². The number of ether oxygens (including phenoxy) is 3. The molecule has 0 heterocycles. The molecule has 1 unspecified atom stereocenters. The molecule has 6 heteroatoms. The van der Waals surface area contributed by atoms with E-state index in [0.29, 0.717) is 19.3 Å². The van der Waals surface area contributed by atoms with Crippen molar-refractivity contribution in [2.75, 3.05) is 13.2 Å². The first-order valence-corrected chi connectivity index (χ1v) is 33.1. The standard InChI is InChI=1S/C71H124O6/c1-4-7-10-13-16-19-22-25-28-30-32-33-34-35-36-37-39-40-43-46-49-52-55-58-61-64-70(73)76-67-68(66-75-69(72)63-60-57-54-51-48-45-42-27-24-21-18-15-12-9-6-3)77-71(74)65-62-59-56-53-50-47-44-41-38-31-29-26-23-20-17-14-11-8-5-2/h9,12,17-18,20-21,26-27,29-30,32,38,41-42,68H,4-8,10-11,13-16,19,22-25,28,31,33-37,39-40,43-67H2,1-3H3/b12-9-,20-17-,21-18-,29-26-,32-30-,41-38-,42-27-. The van der Waals surface area contributed by atoms with Crippen LogP contribution in [0.5, 0.6) is 0 Å². The monoisotopic (exact) mass is 1070 g/mol. The van der Waals surface area contributed by atoms with E-state index in [-0.39, 0.29) is 31.1 Å². The van der Waals surface area contributed by atoms with E-state index in [2.05, 4.69) is 106 Å². The molecule has 0 aliphatic rings. The van der Waals surface area contributed by atoms with Crippen molar-refractivity contribution in [1.82, 2.24) is 0 Å². The molecule has 0 saturated carbocycles. The Hall–Kier alpha value is -3.41. The van der Waals surface area contributed by atoms with Crippen LogP contribution < -0.4 is 0 Å². The van der Waals surface area contributed by atoms with Gasteiger partial charge in [0.25, 0.3) is 0 Å². The molecule has 0 aliphatic carbocycles. The summed E-state index contributed by atoms with van der Waals surface area (Å²) in [5.74, 6) is -0.904. The summed E-state index contributed by atoms with van der Waals surface area (Å²) in [5, 5.41) is 0. The average Bonchev–Trinajstić information content (AvgIpc) is 3.43. The van der Waals surface area contributed by atoms with Gasteiger partial charge >= 0.3 is 17.9 Å². The van der Waals surface area contributed by atoms with E-state index in [1.165, 1.54) is 167 Å². The molecule has 0 aliphatic heterocycles. The molecule has 0 fully saturated rings. The van der Waals surface area contributed by atoms with Crippen LogP contribution in [0.2, 0.25) is 0 Å². The van der Waals surface area contributed by atoms with Crippen LogP contribution >= 0.6 is 0 Å². The molecule has 0 aromatic heterocycles. The predicted molar refractivity (Wildman–Crippen MR) is 334 cm³/mol. The molecule has 0 spiro atoms. The van der Waals surface area contributed by atoms with E-state index < -0.39 is 6.10 Å². The Balaban J connectivity index is 4.34. The van der Waals surface area contributed by atoms with Gasteiger partial charge in [-0.2, -0.15) is 0 Å². The number of carbonyl (C=O) groups excluding carboxylic acids is 3. The van der Waals surface area contributed by atoms with Crippen molar-refractivity contribution in [2.45, 2.75) is 335 Å². The molecule has 0 bridgehead atoms. The third-order valence-corrected chi connectivity index (χ3v) is 14.4. The second kappa shape index (κ2) is 65.1. The summed E-state index contributed by atoms with van der Waals surface area (Å²) >= 11 is 0. The Morgan fingerprint density at radius 2 is 0.506 bits per heavy atom. The molecule has 0 amide bonds. The van der Waals surface area contributed by atoms with Gasteiger partial charge in [-0.15, -0.1) is 0 Å². The average molecular weight is 1070 g/mol. The summed E-state index contributed by atoms with van der Waals surface area (Å²) < 4.78 is 16.9. The number of allylic oxidation sites excluding steroid dienone is 14. The number of hydrogen-bond donors (Lipinski definition) is 0. The zero-order chi connectivity index (χ0) is 55.7. The van der Waals surface area contributed by atoms with Crippen LogP contribution in [0, 0.1) is 0 Å². The van der Waals surface area contributed by atoms with Gasteiger partial charge in [-0.3, -0.25) is 14.4 Å². The maximum atomic E-state index is 12.9. The maximum Gasteiger partial charge on any atom is 0.306 e. The summed E-state index contributed by atoms with van der Waals surface area (Å²) in [5.41, 5.74) is 0. The smallest absolute Gasteiger partial charge is 0.306 e. The lowest BCUT2D eigenvalue weighted by molar-refractivity contribution is -0.167. The van der Waals surface area contributed by atoms with Crippen LogP contribution in [0.4, 0.5) is 0 Å². The van der Waals surface area contributed by atoms with Crippen molar-refractivity contribution in [3.05, 3.63) is 85.1 Å². The summed E-state index contributed by atoms with van der Waals surface area (Å²) in [6, 6.07) is 0. The van der Waals surface area contributed by atoms with Crippen LogP contribution in [0.3, 0.4) is 0 Å². The molecule has 6 nitrogen and oxygen atoms in total. The van der Waals surface area contributed by atoms with Gasteiger partial charge in [0.05, 0.1) is 0 Å². The Morgan fingerprint density at radius 1 is 0.273 bits per heavy atom. The van der Waals surface area contributed by atoms with Gasteiger partial charge in [-0.1, -0.05) is 279 Å². The van der Waals surface area contributed by atoms with Crippen LogP contribution in [0.1, 0.15) is 329 Å². The number of hydrogen-bond acceptors (Lipinski definition) is 6. The molecule has 1 atom stereocenters. The molecule has 0 saturated heterocycles. The Kier molecular flexibility index (Phi) is 62.2. The highest BCUT2D eigenvalue weighted by Crippen LogP contribution is 2.16. The SMILES string of the molecule is CC/C=C\C/C=C\C/C=C\CCCCCCCC(=O)OCC(COC(=O)CCCCCCCCCCCCCCC/C=C\CCCCCCCCCC)OC(=O)CCCCCCCC/C=C\C/C=C\C/C=C\CCCCC. The van der Waals surface area contributed by atoms with E-state index in [0.717, 1.165) is 122 Å². The normalized spacial score (nSPS) is 12.6. The largest absolute Gasteiger partial charge is 0.462 e. The number of rotatable bonds is 60. The lowest BCUT2D eigenvalue weighted by atomic mass is 10.0. The van der Waals surface area contributed by atoms with E-state index in [4.69, 9.17) is 14.2 Å². The topological polar surface area (TPSA) is 78.9 Å². The highest BCUT2D eigenvalue weighted by Gasteiger charge is 2.19. The van der Waals surface area contributed by atoms with E-state index in [9.17, 15) is 14.4 Å². The van der Waals surface area contributed by atoms with Crippen LogP contribution in [-0.2, 0) is 28.6 Å². The highest BCUT2D eigenvalue weighted by molar-refractivity contribution is 5.71. The summed E-state index contributed by atoms with van der Waals surface area (Å²) in [4.78, 5) is 38.4. The third-order valence-electron chi connectivity index (χ3n) is 14.4. The van der Waals surface area contributed by atoms with Crippen LogP contribution in [0.25, 0.3) is 0 Å². The zero-order valence-electron chi connectivity index (χ0n) is 51.0. The Bertz CT molecular complexity index is 1470. The van der Waals surface area contributed by atoms with Crippen molar-refractivity contribution in [2.24, 2.45) is 0 Å². The van der Waals surface area contributed by atoms with Crippen molar-refractivity contribution in [3.63, 3.8) is 0 Å². The molecule has 0 aromatic rings. The highest BCUT2D eigenvalue weighted by atomic mass is 16.6. The molecule has 0 aromatic carbocycles. The molecule has 0 radical (unpaired) electrons. The van der Waals surface area contributed by atoms with E-state index >= 15 is 0 Å². The van der Waals surface area contributed by atoms with E-state index in [1.54, 1.807) is 0 Å². The minimum absolute atomic E-state index is 0.0864. The van der Waals surface area contributed by atoms with Gasteiger partial charge < -0.3 is 14.2 Å². The lowest BCUT2D eigenvalue weighted by Crippen LogP contribution is -2.30. The summed E-state index contributed by atoms with van der Waals surface area (Å²) in [6.07, 6.45) is 85.9. The Morgan fingerprint density at radius 3 is 0.831 bits per heavy atom. The lowest BCUT2D eigenvalue weighted by Gasteiger charge is -2.18. The van der Waals surface area contributed by atoms with Crippen molar-refractivity contribution < 1.29 is 28.6 Å². The minimum atomic E-state index is -0.793. The first-order valence-electron chi connectivity index (χ1n) is 33.1. The predicted octanol–water partition coefficient (Wildman–Crippen LogP) is 22.7. The second-order valence-corrected chi connectivity index (χ2v) is 22.0. The van der Waals surface area contributed by atoms with Gasteiger partial charge in [-0.05, 0) is 116 Å². The zero-order valence-corrected chi connectivity index (χ0v) is 51.0. The maximum absolute atomic E-state index is 12.9. The molecule has 444 valence electrons. The fraction of sp³-hybridized carbons (Fsp3) is 0.761. The quantitative estimate of drug-likeness (QED) is 0.0261. The summed E-state index contributed by atoms with van der Waals surface area (Å²) in [7, 11) is 0. The van der Waals surface area contributed by atoms with Crippen molar-refractivity contribution >= 4 is 17.9 Å². The second-order valence-electron chi connectivity index (χ2n) is 22.0. The van der Waals surface area contributed by atoms with Crippen molar-refractivity contribution in [3.8, 4) is 0 Å². The number of esters is 3. The van der Waals surface area contributed by atoms with E-state index in [1.807, 2.05) is 0 Å². The van der Waals surface area contributed by atoms with Gasteiger partial charge in [0.1, 0.15) is 13.2 Å². The van der Waals surface area contributed by atoms with Gasteiger partial charge in [0, 0.05) is 19.3 Å². The fourth-order valence-electron chi connectivity index (χ4n) is 9.40. The molecular weight excluding hydrogens is 949 g/mol. The van der Waals surface area contributed by atoms with Gasteiger partial charge in [0.15, 0.2) is 6.10 Å². The Labute approximate surface area is 477 Å². The molecule has 0 rings (SSSR count). The molecule has 77 heavy (non-hydrogen) atoms. The molecular formula is C71H124O6. The number of unbranched alkanes of at least 4 members (excludes halogenated alkanes) is 35. The van der Waals surface area contributed by atoms with Crippen molar-refractivity contribution in [1.29, 1.82) is 0 Å². The van der Waals surface area contributed by atoms with Crippen LogP contribution in [0.15, 0.2) is 85.1 Å². The molecule has 0 N–H and O–H groups in total. The fourth-order valence-corrected chi connectivity index (χ4v) is 9.40. The summed E-state index contributed by atoms with van der Waals surface area (Å²) in [6.45, 7) is 6.51. The first kappa shape index (κ1) is 73.6. The third kappa shape index (κ3) is 63.3.